The summed E-state index contributed by atoms with van der Waals surface area (Å²) in [5.41, 5.74) is 2.14. The minimum Gasteiger partial charge on any atom is -0.311 e. The van der Waals surface area contributed by atoms with Crippen LogP contribution in [0, 0.1) is 5.41 Å². The van der Waals surface area contributed by atoms with Gasteiger partial charge in [-0.15, -0.1) is 0 Å². The number of benzene rings is 1. The molecule has 104 valence electrons. The van der Waals surface area contributed by atoms with E-state index < -0.39 is 0 Å². The van der Waals surface area contributed by atoms with Gasteiger partial charge >= 0.3 is 5.69 Å². The Morgan fingerprint density at radius 2 is 1.85 bits per heavy atom. The van der Waals surface area contributed by atoms with Crippen molar-refractivity contribution >= 4 is 0 Å². The third kappa shape index (κ3) is 2.22. The van der Waals surface area contributed by atoms with Crippen LogP contribution in [0.15, 0.2) is 39.9 Å². The molecule has 0 bridgehead atoms. The van der Waals surface area contributed by atoms with Gasteiger partial charge in [0.2, 0.25) is 0 Å². The molecule has 3 rings (SSSR count). The maximum atomic E-state index is 12.5. The lowest BCUT2D eigenvalue weighted by Gasteiger charge is -2.14. The lowest BCUT2D eigenvalue weighted by atomic mass is 9.91. The molecule has 1 N–H and O–H groups in total. The summed E-state index contributed by atoms with van der Waals surface area (Å²) in [6.07, 6.45) is 1.49. The molecule has 4 nitrogen and oxygen atoms in total. The zero-order valence-corrected chi connectivity index (χ0v) is 11.8. The predicted molar refractivity (Wildman–Crippen MR) is 78.1 cm³/mol. The molecule has 0 aliphatic heterocycles. The highest BCUT2D eigenvalue weighted by Gasteiger charge is 2.32. The van der Waals surface area contributed by atoms with Crippen LogP contribution in [0.4, 0.5) is 0 Å². The highest BCUT2D eigenvalue weighted by atomic mass is 16.2. The molecule has 20 heavy (non-hydrogen) atoms. The van der Waals surface area contributed by atoms with Gasteiger partial charge in [0.05, 0.1) is 6.54 Å². The number of rotatable bonds is 2. The van der Waals surface area contributed by atoms with Crippen molar-refractivity contribution in [1.29, 1.82) is 0 Å². The molecule has 0 saturated heterocycles. The van der Waals surface area contributed by atoms with E-state index in [1.807, 2.05) is 30.3 Å². The van der Waals surface area contributed by atoms with Gasteiger partial charge in [-0.2, -0.15) is 0 Å². The number of hydrogen-bond acceptors (Lipinski definition) is 2. The van der Waals surface area contributed by atoms with Crippen LogP contribution in [0.25, 0.3) is 0 Å². The van der Waals surface area contributed by atoms with Crippen molar-refractivity contribution in [1.82, 2.24) is 9.55 Å². The molecular formula is C16H18N2O2. The molecule has 0 unspecified atom stereocenters. The molecule has 1 aliphatic rings. The first kappa shape index (κ1) is 12.9. The smallest absolute Gasteiger partial charge is 0.311 e. The Hall–Kier alpha value is -2.10. The minimum atomic E-state index is -0.310. The van der Waals surface area contributed by atoms with Crippen LogP contribution in [0.1, 0.15) is 30.7 Å². The van der Waals surface area contributed by atoms with Gasteiger partial charge in [0.1, 0.15) is 0 Å². The largest absolute Gasteiger partial charge is 0.328 e. The van der Waals surface area contributed by atoms with Crippen molar-refractivity contribution < 1.29 is 0 Å². The molecule has 2 aromatic rings. The fourth-order valence-electron chi connectivity index (χ4n) is 2.92. The SMILES string of the molecule is CC1(C)Cc2[nH]c(=O)n(Cc3ccccc3)c(=O)c2C1. The van der Waals surface area contributed by atoms with E-state index >= 15 is 0 Å². The standard InChI is InChI=1S/C16H18N2O2/c1-16(2)8-12-13(9-16)17-15(20)18(14(12)19)10-11-6-4-3-5-7-11/h3-7H,8-10H2,1-2H3,(H,17,20). The van der Waals surface area contributed by atoms with Gasteiger partial charge in [-0.25, -0.2) is 4.79 Å². The minimum absolute atomic E-state index is 0.0519. The van der Waals surface area contributed by atoms with Crippen LogP contribution in [0.3, 0.4) is 0 Å². The first-order valence-corrected chi connectivity index (χ1v) is 6.85. The van der Waals surface area contributed by atoms with E-state index in [-0.39, 0.29) is 16.7 Å². The zero-order valence-electron chi connectivity index (χ0n) is 11.8. The summed E-state index contributed by atoms with van der Waals surface area (Å²) >= 11 is 0. The first-order chi connectivity index (χ1) is 9.46. The molecule has 1 aromatic carbocycles. The number of nitrogens with zero attached hydrogens (tertiary/aromatic N) is 1. The lowest BCUT2D eigenvalue weighted by molar-refractivity contribution is 0.390. The molecule has 1 aliphatic carbocycles. The van der Waals surface area contributed by atoms with E-state index in [0.717, 1.165) is 29.7 Å². The highest BCUT2D eigenvalue weighted by molar-refractivity contribution is 5.26. The third-order valence-corrected chi connectivity index (χ3v) is 3.86. The third-order valence-electron chi connectivity index (χ3n) is 3.86. The van der Waals surface area contributed by atoms with Crippen molar-refractivity contribution in [3.63, 3.8) is 0 Å². The summed E-state index contributed by atoms with van der Waals surface area (Å²) in [6, 6.07) is 9.57. The second kappa shape index (κ2) is 4.47. The summed E-state index contributed by atoms with van der Waals surface area (Å²) in [4.78, 5) is 27.5. The second-order valence-electron chi connectivity index (χ2n) is 6.28. The van der Waals surface area contributed by atoms with E-state index in [2.05, 4.69) is 18.8 Å². The van der Waals surface area contributed by atoms with Crippen LogP contribution in [-0.2, 0) is 19.4 Å². The maximum Gasteiger partial charge on any atom is 0.328 e. The molecular weight excluding hydrogens is 252 g/mol. The van der Waals surface area contributed by atoms with Gasteiger partial charge in [-0.3, -0.25) is 9.36 Å². The summed E-state index contributed by atoms with van der Waals surface area (Å²) in [5.74, 6) is 0. The van der Waals surface area contributed by atoms with E-state index in [1.54, 1.807) is 0 Å². The Balaban J connectivity index is 2.07. The quantitative estimate of drug-likeness (QED) is 0.903. The number of aromatic nitrogens is 2. The zero-order chi connectivity index (χ0) is 14.3. The molecule has 0 atom stereocenters. The van der Waals surface area contributed by atoms with Crippen LogP contribution < -0.4 is 11.2 Å². The Bertz CT molecular complexity index is 754. The average Bonchev–Trinajstić information content (AvgIpc) is 2.70. The Morgan fingerprint density at radius 3 is 2.55 bits per heavy atom. The maximum absolute atomic E-state index is 12.5. The van der Waals surface area contributed by atoms with Gasteiger partial charge in [0.15, 0.2) is 0 Å². The van der Waals surface area contributed by atoms with Crippen molar-refractivity contribution in [2.24, 2.45) is 5.41 Å². The van der Waals surface area contributed by atoms with Crippen LogP contribution in [0.2, 0.25) is 0 Å². The molecule has 0 amide bonds. The van der Waals surface area contributed by atoms with Crippen molar-refractivity contribution in [2.45, 2.75) is 33.2 Å². The number of fused-ring (bicyclic) bond motifs is 1. The van der Waals surface area contributed by atoms with Gasteiger partial charge < -0.3 is 4.98 Å². The number of nitrogens with one attached hydrogen (secondary N) is 1. The van der Waals surface area contributed by atoms with Crippen LogP contribution in [-0.4, -0.2) is 9.55 Å². The fourth-order valence-corrected chi connectivity index (χ4v) is 2.92. The van der Waals surface area contributed by atoms with Gasteiger partial charge in [0.25, 0.3) is 5.56 Å². The summed E-state index contributed by atoms with van der Waals surface area (Å²) < 4.78 is 1.30. The number of H-pyrrole nitrogens is 1. The Labute approximate surface area is 117 Å². The monoisotopic (exact) mass is 270 g/mol. The van der Waals surface area contributed by atoms with Crippen molar-refractivity contribution in [2.75, 3.05) is 0 Å². The van der Waals surface area contributed by atoms with Crippen LogP contribution >= 0.6 is 0 Å². The molecule has 1 heterocycles. The van der Waals surface area contributed by atoms with E-state index in [0.29, 0.717) is 6.54 Å². The van der Waals surface area contributed by atoms with Gasteiger partial charge in [-0.05, 0) is 23.8 Å². The van der Waals surface area contributed by atoms with Gasteiger partial charge in [0, 0.05) is 11.3 Å². The topological polar surface area (TPSA) is 54.9 Å². The number of aromatic amines is 1. The lowest BCUT2D eigenvalue weighted by Crippen LogP contribution is -2.37. The summed E-state index contributed by atoms with van der Waals surface area (Å²) in [5, 5.41) is 0. The molecule has 0 saturated carbocycles. The summed E-state index contributed by atoms with van der Waals surface area (Å²) in [7, 11) is 0. The molecule has 1 aromatic heterocycles. The average molecular weight is 270 g/mol. The highest BCUT2D eigenvalue weighted by Crippen LogP contribution is 2.32. The molecule has 4 heteroatoms. The van der Waals surface area contributed by atoms with E-state index in [9.17, 15) is 9.59 Å². The molecule has 0 fully saturated rings. The van der Waals surface area contributed by atoms with E-state index in [1.165, 1.54) is 4.57 Å². The summed E-state index contributed by atoms with van der Waals surface area (Å²) in [6.45, 7) is 4.56. The normalized spacial score (nSPS) is 16.1. The second-order valence-corrected chi connectivity index (χ2v) is 6.28. The predicted octanol–water partition coefficient (Wildman–Crippen LogP) is 1.71. The van der Waals surface area contributed by atoms with E-state index in [4.69, 9.17) is 0 Å². The first-order valence-electron chi connectivity index (χ1n) is 6.85. The Morgan fingerprint density at radius 1 is 1.15 bits per heavy atom. The Kier molecular flexibility index (Phi) is 2.89. The fraction of sp³-hybridized carbons (Fsp3) is 0.375. The molecule has 0 spiro atoms. The van der Waals surface area contributed by atoms with Crippen molar-refractivity contribution in [3.8, 4) is 0 Å². The number of hydrogen-bond donors (Lipinski definition) is 1. The van der Waals surface area contributed by atoms with Crippen molar-refractivity contribution in [3.05, 3.63) is 68.0 Å². The van der Waals surface area contributed by atoms with Gasteiger partial charge in [-0.1, -0.05) is 44.2 Å². The molecule has 0 radical (unpaired) electrons. The van der Waals surface area contributed by atoms with Crippen LogP contribution in [0.5, 0.6) is 0 Å².